The summed E-state index contributed by atoms with van der Waals surface area (Å²) >= 11 is 1.97. The van der Waals surface area contributed by atoms with Crippen molar-refractivity contribution in [3.8, 4) is 0 Å². The number of ether oxygens (including phenoxy) is 1. The third kappa shape index (κ3) is 9.05. The van der Waals surface area contributed by atoms with Gasteiger partial charge in [-0.05, 0) is 62.5 Å². The van der Waals surface area contributed by atoms with Crippen LogP contribution in [0.15, 0.2) is 91.0 Å². The van der Waals surface area contributed by atoms with E-state index in [0.29, 0.717) is 25.8 Å². The Morgan fingerprint density at radius 1 is 0.684 bits per heavy atom. The molecule has 3 aromatic rings. The predicted molar refractivity (Wildman–Crippen MR) is 159 cm³/mol. The molecule has 0 saturated heterocycles. The van der Waals surface area contributed by atoms with Gasteiger partial charge < -0.3 is 10.1 Å². The molecule has 0 heterocycles. The van der Waals surface area contributed by atoms with E-state index in [1.165, 1.54) is 16.7 Å². The number of hydrogen-bond donors (Lipinski definition) is 1. The van der Waals surface area contributed by atoms with Gasteiger partial charge in [0.05, 0.1) is 4.75 Å². The normalized spacial score (nSPS) is 11.7. The average molecular weight is 532 g/mol. The summed E-state index contributed by atoms with van der Waals surface area (Å²) < 4.78 is 4.93. The maximum Gasteiger partial charge on any atom is 0.407 e. The van der Waals surface area contributed by atoms with E-state index >= 15 is 0 Å². The van der Waals surface area contributed by atoms with Gasteiger partial charge in [0, 0.05) is 19.4 Å². The van der Waals surface area contributed by atoms with E-state index in [1.807, 2.05) is 32.5 Å². The lowest BCUT2D eigenvalue weighted by atomic mass is 9.84. The van der Waals surface area contributed by atoms with Crippen LogP contribution < -0.4 is 5.32 Å². The standard InChI is InChI=1S/C33H41NO3S/c1-32(2,3)37-31(36)34-25-16-24-30(35)23-14-7-15-26-38-33(27-17-8-4-9-18-27,28-19-10-5-11-20-28)29-21-12-6-13-22-29/h4-6,8-13,17-22H,7,14-16,23-26H2,1-3H3,(H,34,36). The molecule has 0 aromatic heterocycles. The molecule has 0 radical (unpaired) electrons. The molecule has 202 valence electrons. The van der Waals surface area contributed by atoms with Crippen LogP contribution in [0.5, 0.6) is 0 Å². The van der Waals surface area contributed by atoms with Gasteiger partial charge in [0.1, 0.15) is 11.4 Å². The Morgan fingerprint density at radius 3 is 1.63 bits per heavy atom. The highest BCUT2D eigenvalue weighted by Crippen LogP contribution is 2.48. The number of nitrogens with one attached hydrogen (secondary N) is 1. The van der Waals surface area contributed by atoms with Gasteiger partial charge in [-0.3, -0.25) is 4.79 Å². The van der Waals surface area contributed by atoms with Gasteiger partial charge in [0.2, 0.25) is 0 Å². The largest absolute Gasteiger partial charge is 0.444 e. The SMILES string of the molecule is CC(C)(C)OC(=O)NCCCC(=O)CCCCCSC(c1ccccc1)(c1ccccc1)c1ccccc1. The molecule has 3 rings (SSSR count). The van der Waals surface area contributed by atoms with E-state index in [1.54, 1.807) is 0 Å². The third-order valence-electron chi connectivity index (χ3n) is 6.26. The summed E-state index contributed by atoms with van der Waals surface area (Å²) in [4.78, 5) is 24.0. The molecule has 3 aromatic carbocycles. The molecule has 0 atom stereocenters. The minimum Gasteiger partial charge on any atom is -0.444 e. The van der Waals surface area contributed by atoms with Crippen LogP contribution in [0, 0.1) is 0 Å². The lowest BCUT2D eigenvalue weighted by Gasteiger charge is -2.35. The molecule has 5 heteroatoms. The van der Waals surface area contributed by atoms with Crippen LogP contribution in [-0.2, 0) is 14.3 Å². The van der Waals surface area contributed by atoms with Crippen molar-refractivity contribution in [3.63, 3.8) is 0 Å². The number of ketones is 1. The van der Waals surface area contributed by atoms with Crippen LogP contribution in [-0.4, -0.2) is 29.8 Å². The van der Waals surface area contributed by atoms with Crippen LogP contribution in [0.2, 0.25) is 0 Å². The van der Waals surface area contributed by atoms with E-state index in [0.717, 1.165) is 25.0 Å². The van der Waals surface area contributed by atoms with Crippen LogP contribution in [0.1, 0.15) is 76.0 Å². The molecule has 0 bridgehead atoms. The molecule has 0 aliphatic carbocycles. The summed E-state index contributed by atoms with van der Waals surface area (Å²) in [6, 6.07) is 32.3. The highest BCUT2D eigenvalue weighted by molar-refractivity contribution is 8.00. The van der Waals surface area contributed by atoms with Crippen LogP contribution >= 0.6 is 11.8 Å². The first-order valence-electron chi connectivity index (χ1n) is 13.6. The maximum absolute atomic E-state index is 12.3. The van der Waals surface area contributed by atoms with Gasteiger partial charge >= 0.3 is 6.09 Å². The van der Waals surface area contributed by atoms with Crippen molar-refractivity contribution in [1.29, 1.82) is 0 Å². The first-order chi connectivity index (χ1) is 18.3. The number of hydrogen-bond acceptors (Lipinski definition) is 4. The fourth-order valence-corrected chi connectivity index (χ4v) is 6.07. The topological polar surface area (TPSA) is 55.4 Å². The highest BCUT2D eigenvalue weighted by atomic mass is 32.2. The fourth-order valence-electron chi connectivity index (χ4n) is 4.51. The van der Waals surface area contributed by atoms with Crippen LogP contribution in [0.4, 0.5) is 4.79 Å². The molecule has 38 heavy (non-hydrogen) atoms. The van der Waals surface area contributed by atoms with Gasteiger partial charge in [0.15, 0.2) is 0 Å². The summed E-state index contributed by atoms with van der Waals surface area (Å²) in [6.45, 7) is 5.95. The van der Waals surface area contributed by atoms with Gasteiger partial charge in [0.25, 0.3) is 0 Å². The summed E-state index contributed by atoms with van der Waals surface area (Å²) in [5.74, 6) is 1.25. The summed E-state index contributed by atoms with van der Waals surface area (Å²) in [7, 11) is 0. The Kier molecular flexibility index (Phi) is 11.5. The number of alkyl carbamates (subject to hydrolysis) is 1. The number of rotatable bonds is 14. The number of Topliss-reactive ketones (excluding diaryl/α,β-unsaturated/α-hetero) is 1. The molecule has 0 saturated carbocycles. The first-order valence-corrected chi connectivity index (χ1v) is 14.6. The zero-order valence-corrected chi connectivity index (χ0v) is 23.8. The minimum atomic E-state index is -0.513. The van der Waals surface area contributed by atoms with Crippen LogP contribution in [0.25, 0.3) is 0 Å². The molecule has 0 spiro atoms. The maximum atomic E-state index is 12.3. The number of carbonyl (C=O) groups excluding carboxylic acids is 2. The Hall–Kier alpha value is -3.05. The molecular weight excluding hydrogens is 490 g/mol. The Labute approximate surface area is 232 Å². The minimum absolute atomic E-state index is 0.260. The average Bonchev–Trinajstić information content (AvgIpc) is 2.91. The summed E-state index contributed by atoms with van der Waals surface area (Å²) in [6.07, 6.45) is 4.26. The van der Waals surface area contributed by atoms with Crippen molar-refractivity contribution in [3.05, 3.63) is 108 Å². The lowest BCUT2D eigenvalue weighted by molar-refractivity contribution is -0.119. The van der Waals surface area contributed by atoms with E-state index < -0.39 is 11.7 Å². The molecule has 0 aliphatic rings. The lowest BCUT2D eigenvalue weighted by Crippen LogP contribution is -2.33. The smallest absolute Gasteiger partial charge is 0.407 e. The molecule has 1 amide bonds. The summed E-state index contributed by atoms with van der Waals surface area (Å²) in [5, 5.41) is 2.72. The summed E-state index contributed by atoms with van der Waals surface area (Å²) in [5.41, 5.74) is 3.31. The van der Waals surface area contributed by atoms with Gasteiger partial charge in [-0.15, -0.1) is 11.8 Å². The number of thioether (sulfide) groups is 1. The monoisotopic (exact) mass is 531 g/mol. The Balaban J connectivity index is 1.51. The van der Waals surface area contributed by atoms with Gasteiger partial charge in [-0.25, -0.2) is 4.79 Å². The van der Waals surface area contributed by atoms with E-state index in [-0.39, 0.29) is 10.5 Å². The first kappa shape index (κ1) is 29.5. The fraction of sp³-hybridized carbons (Fsp3) is 0.394. The van der Waals surface area contributed by atoms with Crippen molar-refractivity contribution < 1.29 is 14.3 Å². The Bertz CT molecular complexity index is 1010. The Morgan fingerprint density at radius 2 is 1.16 bits per heavy atom. The van der Waals surface area contributed by atoms with E-state index in [4.69, 9.17) is 4.74 Å². The van der Waals surface area contributed by atoms with Crippen molar-refractivity contribution in [2.24, 2.45) is 0 Å². The van der Waals surface area contributed by atoms with Crippen molar-refractivity contribution >= 4 is 23.6 Å². The van der Waals surface area contributed by atoms with Crippen molar-refractivity contribution in [2.45, 2.75) is 69.6 Å². The molecule has 4 nitrogen and oxygen atoms in total. The molecule has 1 N–H and O–H groups in total. The van der Waals surface area contributed by atoms with Crippen molar-refractivity contribution in [1.82, 2.24) is 5.32 Å². The second-order valence-corrected chi connectivity index (χ2v) is 11.8. The molecule has 0 unspecified atom stereocenters. The van der Waals surface area contributed by atoms with Gasteiger partial charge in [-0.1, -0.05) is 97.4 Å². The predicted octanol–water partition coefficient (Wildman–Crippen LogP) is 8.15. The number of unbranched alkanes of at least 4 members (excludes halogenated alkanes) is 2. The van der Waals surface area contributed by atoms with Crippen LogP contribution in [0.3, 0.4) is 0 Å². The molecule has 0 aliphatic heterocycles. The number of benzene rings is 3. The third-order valence-corrected chi connectivity index (χ3v) is 7.89. The van der Waals surface area contributed by atoms with E-state index in [9.17, 15) is 9.59 Å². The quantitative estimate of drug-likeness (QED) is 0.168. The van der Waals surface area contributed by atoms with Gasteiger partial charge in [-0.2, -0.15) is 0 Å². The zero-order chi connectivity index (χ0) is 27.3. The molecule has 0 fully saturated rings. The highest BCUT2D eigenvalue weighted by Gasteiger charge is 2.36. The van der Waals surface area contributed by atoms with E-state index in [2.05, 4.69) is 96.3 Å². The zero-order valence-electron chi connectivity index (χ0n) is 23.0. The second kappa shape index (κ2) is 14.8. The second-order valence-electron chi connectivity index (χ2n) is 10.5. The van der Waals surface area contributed by atoms with Crippen molar-refractivity contribution in [2.75, 3.05) is 12.3 Å². The molecular formula is C33H41NO3S. The number of carbonyl (C=O) groups is 2. The number of amides is 1.